The summed E-state index contributed by atoms with van der Waals surface area (Å²) in [6.07, 6.45) is 0. The largest absolute Gasteiger partial charge is 0.493 e. The second-order valence-electron chi connectivity index (χ2n) is 4.66. The monoisotopic (exact) mass is 360 g/mol. The van der Waals surface area contributed by atoms with Gasteiger partial charge < -0.3 is 13.9 Å². The van der Waals surface area contributed by atoms with Crippen molar-refractivity contribution in [2.45, 2.75) is 0 Å². The van der Waals surface area contributed by atoms with Crippen LogP contribution in [0.3, 0.4) is 0 Å². The average Bonchev–Trinajstić information content (AvgIpc) is 2.54. The van der Waals surface area contributed by atoms with Gasteiger partial charge in [-0.15, -0.1) is 0 Å². The quantitative estimate of drug-likeness (QED) is 0.700. The minimum Gasteiger partial charge on any atom is -0.493 e. The molecule has 1 aromatic heterocycles. The van der Waals surface area contributed by atoms with Crippen molar-refractivity contribution < 1.29 is 13.9 Å². The van der Waals surface area contributed by atoms with E-state index in [4.69, 9.17) is 13.9 Å². The van der Waals surface area contributed by atoms with Crippen molar-refractivity contribution >= 4 is 26.9 Å². The van der Waals surface area contributed by atoms with Crippen molar-refractivity contribution in [2.24, 2.45) is 0 Å². The molecule has 3 rings (SSSR count). The lowest BCUT2D eigenvalue weighted by Crippen LogP contribution is -2.02. The highest BCUT2D eigenvalue weighted by atomic mass is 79.9. The zero-order valence-electron chi connectivity index (χ0n) is 12.1. The highest BCUT2D eigenvalue weighted by Crippen LogP contribution is 2.36. The third-order valence-corrected chi connectivity index (χ3v) is 3.90. The summed E-state index contributed by atoms with van der Waals surface area (Å²) in [5, 5.41) is 0.457. The molecule has 0 aliphatic heterocycles. The topological polar surface area (TPSA) is 48.7 Å². The molecule has 0 aliphatic rings. The number of fused-ring (bicyclic) bond motifs is 1. The van der Waals surface area contributed by atoms with Crippen molar-refractivity contribution in [3.8, 4) is 22.8 Å². The number of halogens is 1. The highest BCUT2D eigenvalue weighted by molar-refractivity contribution is 9.10. The summed E-state index contributed by atoms with van der Waals surface area (Å²) in [5.74, 6) is 1.42. The molecule has 1 heterocycles. The normalized spacial score (nSPS) is 10.7. The van der Waals surface area contributed by atoms with Crippen LogP contribution in [0, 0.1) is 0 Å². The Bertz CT molecular complexity index is 882. The van der Waals surface area contributed by atoms with Gasteiger partial charge >= 0.3 is 0 Å². The smallest absolute Gasteiger partial charge is 0.204 e. The SMILES string of the molecule is COc1ccc2c(=O)cc(-c3ccc(Br)cc3)oc2c1OC. The van der Waals surface area contributed by atoms with Gasteiger partial charge in [-0.3, -0.25) is 4.79 Å². The molecule has 5 heteroatoms. The molecule has 0 atom stereocenters. The molecule has 2 aromatic carbocycles. The van der Waals surface area contributed by atoms with Gasteiger partial charge in [0.15, 0.2) is 16.8 Å². The zero-order valence-corrected chi connectivity index (χ0v) is 13.6. The lowest BCUT2D eigenvalue weighted by Gasteiger charge is -2.10. The van der Waals surface area contributed by atoms with Gasteiger partial charge in [0.2, 0.25) is 5.75 Å². The highest BCUT2D eigenvalue weighted by Gasteiger charge is 2.15. The second kappa shape index (κ2) is 5.85. The van der Waals surface area contributed by atoms with E-state index in [-0.39, 0.29) is 5.43 Å². The molecule has 112 valence electrons. The minimum absolute atomic E-state index is 0.125. The third kappa shape index (κ3) is 2.48. The Hall–Kier alpha value is -2.27. The minimum atomic E-state index is -0.125. The summed E-state index contributed by atoms with van der Waals surface area (Å²) in [6, 6.07) is 12.4. The Morgan fingerprint density at radius 2 is 1.73 bits per heavy atom. The number of methoxy groups -OCH3 is 2. The van der Waals surface area contributed by atoms with Crippen LogP contribution in [0.4, 0.5) is 0 Å². The van der Waals surface area contributed by atoms with Gasteiger partial charge in [-0.05, 0) is 24.3 Å². The summed E-state index contributed by atoms with van der Waals surface area (Å²) in [6.45, 7) is 0. The van der Waals surface area contributed by atoms with Gasteiger partial charge in [0.25, 0.3) is 0 Å². The maximum Gasteiger partial charge on any atom is 0.204 e. The van der Waals surface area contributed by atoms with Crippen LogP contribution in [0.25, 0.3) is 22.3 Å². The fraction of sp³-hybridized carbons (Fsp3) is 0.118. The van der Waals surface area contributed by atoms with E-state index in [1.54, 1.807) is 19.2 Å². The summed E-state index contributed by atoms with van der Waals surface area (Å²) in [4.78, 5) is 12.3. The maximum atomic E-state index is 12.3. The summed E-state index contributed by atoms with van der Waals surface area (Å²) < 4.78 is 17.5. The zero-order chi connectivity index (χ0) is 15.7. The van der Waals surface area contributed by atoms with Crippen LogP contribution in [-0.2, 0) is 0 Å². The van der Waals surface area contributed by atoms with Crippen molar-refractivity contribution in [3.05, 3.63) is 57.2 Å². The van der Waals surface area contributed by atoms with Gasteiger partial charge in [-0.1, -0.05) is 28.1 Å². The molecule has 0 saturated carbocycles. The molecule has 0 N–H and O–H groups in total. The summed E-state index contributed by atoms with van der Waals surface area (Å²) in [7, 11) is 3.06. The first-order chi connectivity index (χ1) is 10.6. The van der Waals surface area contributed by atoms with E-state index < -0.39 is 0 Å². The van der Waals surface area contributed by atoms with Crippen LogP contribution >= 0.6 is 15.9 Å². The van der Waals surface area contributed by atoms with Crippen LogP contribution in [0.2, 0.25) is 0 Å². The third-order valence-electron chi connectivity index (χ3n) is 3.37. The van der Waals surface area contributed by atoms with Crippen LogP contribution < -0.4 is 14.9 Å². The Morgan fingerprint density at radius 1 is 1.00 bits per heavy atom. The lowest BCUT2D eigenvalue weighted by atomic mass is 10.1. The molecule has 0 fully saturated rings. The van der Waals surface area contributed by atoms with Crippen LogP contribution in [-0.4, -0.2) is 14.2 Å². The van der Waals surface area contributed by atoms with Crippen molar-refractivity contribution in [1.82, 2.24) is 0 Å². The molecular formula is C17H13BrO4. The number of hydrogen-bond acceptors (Lipinski definition) is 4. The van der Waals surface area contributed by atoms with Crippen molar-refractivity contribution in [3.63, 3.8) is 0 Å². The standard InChI is InChI=1S/C17H13BrO4/c1-20-14-8-7-12-13(19)9-15(22-16(12)17(14)21-2)10-3-5-11(18)6-4-10/h3-9H,1-2H3. The maximum absolute atomic E-state index is 12.3. The van der Waals surface area contributed by atoms with Gasteiger partial charge in [0.1, 0.15) is 5.76 Å². The lowest BCUT2D eigenvalue weighted by molar-refractivity contribution is 0.353. The van der Waals surface area contributed by atoms with Crippen molar-refractivity contribution in [1.29, 1.82) is 0 Å². The first kappa shape index (κ1) is 14.7. The fourth-order valence-electron chi connectivity index (χ4n) is 2.29. The molecule has 0 unspecified atom stereocenters. The van der Waals surface area contributed by atoms with Gasteiger partial charge in [-0.25, -0.2) is 0 Å². The average molecular weight is 361 g/mol. The van der Waals surface area contributed by atoms with E-state index in [1.807, 2.05) is 24.3 Å². The Balaban J connectivity index is 2.30. The van der Waals surface area contributed by atoms with Gasteiger partial charge in [0.05, 0.1) is 19.6 Å². The number of hydrogen-bond donors (Lipinski definition) is 0. The van der Waals surface area contributed by atoms with Crippen LogP contribution in [0.15, 0.2) is 56.1 Å². The number of rotatable bonds is 3. The van der Waals surface area contributed by atoms with Crippen LogP contribution in [0.1, 0.15) is 0 Å². The molecule has 4 nitrogen and oxygen atoms in total. The first-order valence-corrected chi connectivity index (χ1v) is 7.38. The Kier molecular flexibility index (Phi) is 3.90. The molecule has 0 spiro atoms. The van der Waals surface area contributed by atoms with E-state index in [1.165, 1.54) is 13.2 Å². The molecule has 0 radical (unpaired) electrons. The molecule has 0 bridgehead atoms. The van der Waals surface area contributed by atoms with Gasteiger partial charge in [0, 0.05) is 16.1 Å². The summed E-state index contributed by atoms with van der Waals surface area (Å²) >= 11 is 3.39. The fourth-order valence-corrected chi connectivity index (χ4v) is 2.55. The number of ether oxygens (including phenoxy) is 2. The Morgan fingerprint density at radius 3 is 2.36 bits per heavy atom. The Labute approximate surface area is 135 Å². The van der Waals surface area contributed by atoms with Gasteiger partial charge in [-0.2, -0.15) is 0 Å². The molecular weight excluding hydrogens is 348 g/mol. The predicted molar refractivity (Wildman–Crippen MR) is 88.7 cm³/mol. The molecule has 22 heavy (non-hydrogen) atoms. The van der Waals surface area contributed by atoms with Crippen molar-refractivity contribution in [2.75, 3.05) is 14.2 Å². The van der Waals surface area contributed by atoms with Crippen LogP contribution in [0.5, 0.6) is 11.5 Å². The molecule has 0 amide bonds. The number of benzene rings is 2. The first-order valence-electron chi connectivity index (χ1n) is 6.59. The molecule has 0 saturated heterocycles. The van der Waals surface area contributed by atoms with E-state index in [9.17, 15) is 4.79 Å². The van der Waals surface area contributed by atoms with E-state index in [0.717, 1.165) is 10.0 Å². The summed E-state index contributed by atoms with van der Waals surface area (Å²) in [5.41, 5.74) is 1.07. The van der Waals surface area contributed by atoms with E-state index in [0.29, 0.717) is 28.2 Å². The van der Waals surface area contributed by atoms with E-state index >= 15 is 0 Å². The molecule has 3 aromatic rings. The second-order valence-corrected chi connectivity index (χ2v) is 5.58. The van der Waals surface area contributed by atoms with E-state index in [2.05, 4.69) is 15.9 Å². The molecule has 0 aliphatic carbocycles. The predicted octanol–water partition coefficient (Wildman–Crippen LogP) is 4.24.